The monoisotopic (exact) mass is 297 g/mol. The molecular weight excluding hydrogens is 270 g/mol. The van der Waals surface area contributed by atoms with Gasteiger partial charge in [-0.3, -0.25) is 9.59 Å². The predicted octanol–water partition coefficient (Wildman–Crippen LogP) is 0.211. The summed E-state index contributed by atoms with van der Waals surface area (Å²) in [4.78, 5) is 28.3. The third kappa shape index (κ3) is 3.95. The number of carbonyl (C=O) groups is 2. The molecule has 6 nitrogen and oxygen atoms in total. The number of amides is 2. The van der Waals surface area contributed by atoms with Gasteiger partial charge in [0.05, 0.1) is 5.54 Å². The Morgan fingerprint density at radius 1 is 1.10 bits per heavy atom. The summed E-state index contributed by atoms with van der Waals surface area (Å²) in [6.07, 6.45) is 1.74. The largest absolute Gasteiger partial charge is 0.381 e. The van der Waals surface area contributed by atoms with E-state index in [-0.39, 0.29) is 11.8 Å². The number of rotatable bonds is 3. The zero-order valence-electron chi connectivity index (χ0n) is 13.1. The Morgan fingerprint density at radius 2 is 1.62 bits per heavy atom. The van der Waals surface area contributed by atoms with Gasteiger partial charge in [0.2, 0.25) is 11.8 Å². The second-order valence-corrected chi connectivity index (χ2v) is 6.54. The number of nitrogens with two attached hydrogens (primary N) is 1. The molecule has 2 aliphatic heterocycles. The van der Waals surface area contributed by atoms with Gasteiger partial charge >= 0.3 is 0 Å². The molecule has 0 aliphatic carbocycles. The van der Waals surface area contributed by atoms with Gasteiger partial charge in [0, 0.05) is 45.8 Å². The van der Waals surface area contributed by atoms with Crippen LogP contribution in [0.5, 0.6) is 0 Å². The fourth-order valence-corrected chi connectivity index (χ4v) is 2.90. The summed E-state index contributed by atoms with van der Waals surface area (Å²) in [5.74, 6) is 0.569. The van der Waals surface area contributed by atoms with E-state index < -0.39 is 5.54 Å². The van der Waals surface area contributed by atoms with Crippen LogP contribution in [0.2, 0.25) is 0 Å². The van der Waals surface area contributed by atoms with Crippen LogP contribution in [0, 0.1) is 5.92 Å². The second kappa shape index (κ2) is 6.75. The Morgan fingerprint density at radius 3 is 2.14 bits per heavy atom. The number of piperazine rings is 1. The van der Waals surface area contributed by atoms with Crippen LogP contribution in [-0.2, 0) is 14.3 Å². The number of hydrogen-bond donors (Lipinski definition) is 1. The van der Waals surface area contributed by atoms with Gasteiger partial charge in [-0.1, -0.05) is 13.8 Å². The van der Waals surface area contributed by atoms with E-state index in [1.54, 1.807) is 0 Å². The van der Waals surface area contributed by atoms with Crippen molar-refractivity contribution in [3.05, 3.63) is 0 Å². The van der Waals surface area contributed by atoms with Gasteiger partial charge in [-0.2, -0.15) is 0 Å². The van der Waals surface area contributed by atoms with E-state index in [1.807, 2.05) is 23.6 Å². The van der Waals surface area contributed by atoms with Crippen LogP contribution < -0.4 is 5.73 Å². The summed E-state index contributed by atoms with van der Waals surface area (Å²) in [6.45, 7) is 7.59. The molecule has 0 aromatic heterocycles. The van der Waals surface area contributed by atoms with Crippen molar-refractivity contribution in [2.24, 2.45) is 11.7 Å². The lowest BCUT2D eigenvalue weighted by atomic mass is 9.89. The van der Waals surface area contributed by atoms with Crippen molar-refractivity contribution in [3.63, 3.8) is 0 Å². The molecule has 2 heterocycles. The standard InChI is InChI=1S/C15H27N3O3/c1-12(2)11-13(19)17-5-7-18(8-6-17)14(20)15(16)3-9-21-10-4-15/h12H,3-11,16H2,1-2H3. The molecular formula is C15H27N3O3. The minimum atomic E-state index is -0.775. The van der Waals surface area contributed by atoms with E-state index in [2.05, 4.69) is 0 Å². The summed E-state index contributed by atoms with van der Waals surface area (Å²) in [5.41, 5.74) is 5.47. The first-order valence-electron chi connectivity index (χ1n) is 7.86. The molecule has 21 heavy (non-hydrogen) atoms. The highest BCUT2D eigenvalue weighted by molar-refractivity contribution is 5.86. The van der Waals surface area contributed by atoms with Gasteiger partial charge in [-0.05, 0) is 18.8 Å². The molecule has 120 valence electrons. The average Bonchev–Trinajstić information content (AvgIpc) is 2.46. The quantitative estimate of drug-likeness (QED) is 0.808. The maximum Gasteiger partial charge on any atom is 0.242 e. The Hall–Kier alpha value is -1.14. The van der Waals surface area contributed by atoms with Gasteiger partial charge < -0.3 is 20.3 Å². The fraction of sp³-hybridized carbons (Fsp3) is 0.867. The number of ether oxygens (including phenoxy) is 1. The average molecular weight is 297 g/mol. The van der Waals surface area contributed by atoms with Crippen molar-refractivity contribution in [1.29, 1.82) is 0 Å². The summed E-state index contributed by atoms with van der Waals surface area (Å²) in [5, 5.41) is 0. The number of carbonyl (C=O) groups excluding carboxylic acids is 2. The van der Waals surface area contributed by atoms with Crippen molar-refractivity contribution < 1.29 is 14.3 Å². The molecule has 0 unspecified atom stereocenters. The molecule has 2 aliphatic rings. The predicted molar refractivity (Wildman–Crippen MR) is 79.6 cm³/mol. The maximum absolute atomic E-state index is 12.6. The molecule has 2 fully saturated rings. The molecule has 0 atom stereocenters. The SMILES string of the molecule is CC(C)CC(=O)N1CCN(C(=O)C2(N)CCOCC2)CC1. The van der Waals surface area contributed by atoms with Crippen LogP contribution >= 0.6 is 0 Å². The molecule has 0 saturated carbocycles. The Labute approximate surface area is 126 Å². The summed E-state index contributed by atoms with van der Waals surface area (Å²) in [6, 6.07) is 0. The third-order valence-electron chi connectivity index (χ3n) is 4.31. The number of hydrogen-bond acceptors (Lipinski definition) is 4. The van der Waals surface area contributed by atoms with E-state index in [0.29, 0.717) is 64.6 Å². The molecule has 2 N–H and O–H groups in total. The lowest BCUT2D eigenvalue weighted by Gasteiger charge is -2.41. The Balaban J connectivity index is 1.86. The smallest absolute Gasteiger partial charge is 0.242 e. The summed E-state index contributed by atoms with van der Waals surface area (Å²) >= 11 is 0. The van der Waals surface area contributed by atoms with Crippen LogP contribution in [0.25, 0.3) is 0 Å². The molecule has 0 radical (unpaired) electrons. The van der Waals surface area contributed by atoms with E-state index >= 15 is 0 Å². The molecule has 2 saturated heterocycles. The van der Waals surface area contributed by atoms with Crippen molar-refractivity contribution in [2.75, 3.05) is 39.4 Å². The second-order valence-electron chi connectivity index (χ2n) is 6.54. The summed E-state index contributed by atoms with van der Waals surface area (Å²) < 4.78 is 5.28. The Kier molecular flexibility index (Phi) is 5.22. The van der Waals surface area contributed by atoms with E-state index in [9.17, 15) is 9.59 Å². The lowest BCUT2D eigenvalue weighted by molar-refractivity contribution is -0.145. The van der Waals surface area contributed by atoms with Crippen LogP contribution in [0.3, 0.4) is 0 Å². The first-order valence-corrected chi connectivity index (χ1v) is 7.86. The van der Waals surface area contributed by atoms with Gasteiger partial charge in [-0.25, -0.2) is 0 Å². The van der Waals surface area contributed by atoms with Crippen LogP contribution in [0.4, 0.5) is 0 Å². The van der Waals surface area contributed by atoms with Crippen LogP contribution in [0.15, 0.2) is 0 Å². The highest BCUT2D eigenvalue weighted by Gasteiger charge is 2.39. The molecule has 2 rings (SSSR count). The molecule has 0 aromatic rings. The van der Waals surface area contributed by atoms with Crippen molar-refractivity contribution in [1.82, 2.24) is 9.80 Å². The van der Waals surface area contributed by atoms with Gasteiger partial charge in [0.1, 0.15) is 0 Å². The van der Waals surface area contributed by atoms with Gasteiger partial charge in [0.15, 0.2) is 0 Å². The third-order valence-corrected chi connectivity index (χ3v) is 4.31. The van der Waals surface area contributed by atoms with Crippen molar-refractivity contribution in [3.8, 4) is 0 Å². The molecule has 6 heteroatoms. The van der Waals surface area contributed by atoms with E-state index in [4.69, 9.17) is 10.5 Å². The van der Waals surface area contributed by atoms with E-state index in [0.717, 1.165) is 0 Å². The first kappa shape index (κ1) is 16.2. The zero-order chi connectivity index (χ0) is 15.5. The van der Waals surface area contributed by atoms with Crippen LogP contribution in [0.1, 0.15) is 33.1 Å². The van der Waals surface area contributed by atoms with Crippen molar-refractivity contribution in [2.45, 2.75) is 38.6 Å². The molecule has 0 bridgehead atoms. The highest BCUT2D eigenvalue weighted by atomic mass is 16.5. The summed E-state index contributed by atoms with van der Waals surface area (Å²) in [7, 11) is 0. The first-order chi connectivity index (χ1) is 9.92. The van der Waals surface area contributed by atoms with Crippen molar-refractivity contribution >= 4 is 11.8 Å². The highest BCUT2D eigenvalue weighted by Crippen LogP contribution is 2.21. The normalized spacial score (nSPS) is 22.5. The fourth-order valence-electron chi connectivity index (χ4n) is 2.90. The van der Waals surface area contributed by atoms with Crippen LogP contribution in [-0.4, -0.2) is 66.5 Å². The van der Waals surface area contributed by atoms with E-state index in [1.165, 1.54) is 0 Å². The Bertz CT molecular complexity index is 384. The minimum absolute atomic E-state index is 0.0155. The zero-order valence-corrected chi connectivity index (χ0v) is 13.1. The maximum atomic E-state index is 12.6. The number of nitrogens with zero attached hydrogens (tertiary/aromatic N) is 2. The molecule has 2 amide bonds. The van der Waals surface area contributed by atoms with Gasteiger partial charge in [-0.15, -0.1) is 0 Å². The molecule has 0 spiro atoms. The van der Waals surface area contributed by atoms with Gasteiger partial charge in [0.25, 0.3) is 0 Å². The lowest BCUT2D eigenvalue weighted by Crippen LogP contribution is -2.61. The molecule has 0 aromatic carbocycles. The topological polar surface area (TPSA) is 75.9 Å². The minimum Gasteiger partial charge on any atom is -0.381 e.